The van der Waals surface area contributed by atoms with Gasteiger partial charge in [0.25, 0.3) is 0 Å². The van der Waals surface area contributed by atoms with Gasteiger partial charge in [0.2, 0.25) is 0 Å². The van der Waals surface area contributed by atoms with Crippen molar-refractivity contribution in [2.45, 2.75) is 30.7 Å². The predicted molar refractivity (Wildman–Crippen MR) is 61.0 cm³/mol. The minimum atomic E-state index is 0.179. The van der Waals surface area contributed by atoms with Gasteiger partial charge in [-0.2, -0.15) is 11.8 Å². The lowest BCUT2D eigenvalue weighted by Gasteiger charge is -2.20. The Balaban J connectivity index is 2.17. The molecule has 84 valence electrons. The first-order valence-electron chi connectivity index (χ1n) is 5.14. The monoisotopic (exact) mass is 219 g/mol. The number of rotatable bonds is 6. The molecule has 0 aromatic carbocycles. The van der Waals surface area contributed by atoms with E-state index in [9.17, 15) is 0 Å². The van der Waals surface area contributed by atoms with Crippen molar-refractivity contribution in [1.29, 1.82) is 0 Å². The van der Waals surface area contributed by atoms with Gasteiger partial charge < -0.3 is 14.8 Å². The topological polar surface area (TPSA) is 30.5 Å². The van der Waals surface area contributed by atoms with Gasteiger partial charge in [-0.05, 0) is 12.2 Å². The summed E-state index contributed by atoms with van der Waals surface area (Å²) in [6.07, 6.45) is 1.45. The van der Waals surface area contributed by atoms with Crippen molar-refractivity contribution < 1.29 is 9.47 Å². The molecule has 0 spiro atoms. The Bertz CT molecular complexity index is 157. The van der Waals surface area contributed by atoms with Crippen molar-refractivity contribution in [2.24, 2.45) is 0 Å². The van der Waals surface area contributed by atoms with Crippen LogP contribution in [0.3, 0.4) is 0 Å². The first kappa shape index (κ1) is 12.3. The van der Waals surface area contributed by atoms with Crippen molar-refractivity contribution >= 4 is 11.8 Å². The van der Waals surface area contributed by atoms with Gasteiger partial charge >= 0.3 is 0 Å². The molecule has 3 nitrogen and oxygen atoms in total. The van der Waals surface area contributed by atoms with Gasteiger partial charge in [0, 0.05) is 32.1 Å². The molecule has 3 unspecified atom stereocenters. The lowest BCUT2D eigenvalue weighted by atomic mass is 10.1. The highest BCUT2D eigenvalue weighted by Gasteiger charge is 2.24. The smallest absolute Gasteiger partial charge is 0.0928 e. The van der Waals surface area contributed by atoms with E-state index >= 15 is 0 Å². The first-order chi connectivity index (χ1) is 6.77. The van der Waals surface area contributed by atoms with Gasteiger partial charge in [0.1, 0.15) is 0 Å². The summed E-state index contributed by atoms with van der Waals surface area (Å²) in [7, 11) is 3.44. The second-order valence-electron chi connectivity index (χ2n) is 3.69. The molecule has 0 aromatic rings. The third-order valence-electron chi connectivity index (χ3n) is 2.67. The molecular weight excluding hydrogens is 198 g/mol. The van der Waals surface area contributed by atoms with Crippen LogP contribution in [-0.2, 0) is 9.47 Å². The highest BCUT2D eigenvalue weighted by atomic mass is 32.2. The molecule has 1 rings (SSSR count). The van der Waals surface area contributed by atoms with Gasteiger partial charge in [-0.3, -0.25) is 0 Å². The fourth-order valence-electron chi connectivity index (χ4n) is 1.68. The van der Waals surface area contributed by atoms with E-state index in [4.69, 9.17) is 9.47 Å². The van der Waals surface area contributed by atoms with E-state index in [0.717, 1.165) is 11.8 Å². The van der Waals surface area contributed by atoms with Gasteiger partial charge in [0.05, 0.1) is 12.7 Å². The lowest BCUT2D eigenvalue weighted by molar-refractivity contribution is 0.0274. The Hall–Kier alpha value is 0.230. The number of ether oxygens (including phenoxy) is 2. The van der Waals surface area contributed by atoms with Crippen LogP contribution in [0, 0.1) is 0 Å². The van der Waals surface area contributed by atoms with Crippen LogP contribution in [0.4, 0.5) is 0 Å². The molecule has 1 aliphatic heterocycles. The Morgan fingerprint density at radius 1 is 1.50 bits per heavy atom. The molecular formula is C10H21NO2S. The van der Waals surface area contributed by atoms with Crippen LogP contribution in [0.25, 0.3) is 0 Å². The molecule has 0 radical (unpaired) electrons. The van der Waals surface area contributed by atoms with Gasteiger partial charge in [-0.15, -0.1) is 0 Å². The fraction of sp³-hybridized carbons (Fsp3) is 1.00. The number of methoxy groups -OCH3 is 2. The van der Waals surface area contributed by atoms with Crippen LogP contribution >= 0.6 is 11.8 Å². The van der Waals surface area contributed by atoms with E-state index in [2.05, 4.69) is 12.2 Å². The molecule has 1 N–H and O–H groups in total. The van der Waals surface area contributed by atoms with E-state index in [1.165, 1.54) is 12.2 Å². The quantitative estimate of drug-likeness (QED) is 0.725. The SMILES string of the molecule is COCC(CNC1CCSC1C)OC. The maximum absolute atomic E-state index is 5.29. The average Bonchev–Trinajstić information content (AvgIpc) is 2.59. The van der Waals surface area contributed by atoms with Crippen LogP contribution in [0.5, 0.6) is 0 Å². The summed E-state index contributed by atoms with van der Waals surface area (Å²) in [6, 6.07) is 0.648. The minimum Gasteiger partial charge on any atom is -0.382 e. The molecule has 1 heterocycles. The molecule has 0 aromatic heterocycles. The molecule has 0 aliphatic carbocycles. The van der Waals surface area contributed by atoms with Crippen LogP contribution in [0.2, 0.25) is 0 Å². The Morgan fingerprint density at radius 2 is 2.29 bits per heavy atom. The third-order valence-corrected chi connectivity index (χ3v) is 4.00. The van der Waals surface area contributed by atoms with Crippen LogP contribution in [0.15, 0.2) is 0 Å². The zero-order chi connectivity index (χ0) is 10.4. The lowest BCUT2D eigenvalue weighted by Crippen LogP contribution is -2.40. The van der Waals surface area contributed by atoms with Crippen molar-refractivity contribution in [3.05, 3.63) is 0 Å². The normalized spacial score (nSPS) is 29.4. The summed E-state index contributed by atoms with van der Waals surface area (Å²) in [6.45, 7) is 3.84. The molecule has 0 saturated carbocycles. The molecule has 14 heavy (non-hydrogen) atoms. The largest absolute Gasteiger partial charge is 0.382 e. The third kappa shape index (κ3) is 3.77. The highest BCUT2D eigenvalue weighted by Crippen LogP contribution is 2.25. The van der Waals surface area contributed by atoms with E-state index < -0.39 is 0 Å². The second kappa shape index (κ2) is 6.67. The van der Waals surface area contributed by atoms with E-state index in [1.54, 1.807) is 14.2 Å². The number of hydrogen-bond acceptors (Lipinski definition) is 4. The summed E-state index contributed by atoms with van der Waals surface area (Å²) >= 11 is 2.04. The van der Waals surface area contributed by atoms with E-state index in [1.807, 2.05) is 11.8 Å². The molecule has 1 saturated heterocycles. The zero-order valence-corrected chi connectivity index (χ0v) is 10.1. The van der Waals surface area contributed by atoms with Gasteiger partial charge in [0.15, 0.2) is 0 Å². The molecule has 4 heteroatoms. The predicted octanol–water partition coefficient (Wildman–Crippen LogP) is 1.13. The van der Waals surface area contributed by atoms with Crippen molar-refractivity contribution in [2.75, 3.05) is 33.1 Å². The van der Waals surface area contributed by atoms with E-state index in [0.29, 0.717) is 12.6 Å². The first-order valence-corrected chi connectivity index (χ1v) is 6.19. The van der Waals surface area contributed by atoms with Gasteiger partial charge in [-0.25, -0.2) is 0 Å². The summed E-state index contributed by atoms with van der Waals surface area (Å²) in [5.74, 6) is 1.28. The van der Waals surface area contributed by atoms with Crippen molar-refractivity contribution in [3.8, 4) is 0 Å². The highest BCUT2D eigenvalue weighted by molar-refractivity contribution is 8.00. The standard InChI is InChI=1S/C10H21NO2S/c1-8-10(4-5-14-8)11-6-9(13-3)7-12-2/h8-11H,4-7H2,1-3H3. The molecule has 1 fully saturated rings. The molecule has 3 atom stereocenters. The van der Waals surface area contributed by atoms with Crippen LogP contribution < -0.4 is 5.32 Å². The number of thioether (sulfide) groups is 1. The Kier molecular flexibility index (Phi) is 5.86. The van der Waals surface area contributed by atoms with E-state index in [-0.39, 0.29) is 6.10 Å². The van der Waals surface area contributed by atoms with Crippen molar-refractivity contribution in [3.63, 3.8) is 0 Å². The molecule has 1 aliphatic rings. The molecule has 0 amide bonds. The van der Waals surface area contributed by atoms with Crippen LogP contribution in [-0.4, -0.2) is 50.5 Å². The minimum absolute atomic E-state index is 0.179. The number of nitrogens with one attached hydrogen (secondary N) is 1. The maximum Gasteiger partial charge on any atom is 0.0928 e. The Labute approximate surface area is 90.9 Å². The number of hydrogen-bond donors (Lipinski definition) is 1. The Morgan fingerprint density at radius 3 is 2.79 bits per heavy atom. The summed E-state index contributed by atoms with van der Waals surface area (Å²) < 4.78 is 10.4. The average molecular weight is 219 g/mol. The van der Waals surface area contributed by atoms with Gasteiger partial charge in [-0.1, -0.05) is 6.92 Å². The fourth-order valence-corrected chi connectivity index (χ4v) is 2.91. The summed E-state index contributed by atoms with van der Waals surface area (Å²) in [5, 5.41) is 4.27. The summed E-state index contributed by atoms with van der Waals surface area (Å²) in [4.78, 5) is 0. The second-order valence-corrected chi connectivity index (χ2v) is 5.18. The summed E-state index contributed by atoms with van der Waals surface area (Å²) in [5.41, 5.74) is 0. The van der Waals surface area contributed by atoms with Crippen LogP contribution in [0.1, 0.15) is 13.3 Å². The molecule has 0 bridgehead atoms. The maximum atomic E-state index is 5.29. The van der Waals surface area contributed by atoms with Crippen molar-refractivity contribution in [1.82, 2.24) is 5.32 Å². The zero-order valence-electron chi connectivity index (χ0n) is 9.29.